The lowest BCUT2D eigenvalue weighted by Gasteiger charge is -2.23. The molecule has 5 nitrogen and oxygen atoms in total. The van der Waals surface area contributed by atoms with Crippen molar-refractivity contribution in [2.45, 2.75) is 52.2 Å². The molecular formula is C16H25N3O2. The van der Waals surface area contributed by atoms with Crippen molar-refractivity contribution in [2.75, 3.05) is 0 Å². The van der Waals surface area contributed by atoms with Gasteiger partial charge in [-0.05, 0) is 40.2 Å². The van der Waals surface area contributed by atoms with Crippen LogP contribution in [0.5, 0.6) is 0 Å². The Bertz CT molecular complexity index is 480. The SMILES string of the molecule is C[C@H](N[C@H](C)c1ccccc1)C(=O)NC(=O)NC(C)(C)C. The maximum absolute atomic E-state index is 12.0. The molecule has 0 aromatic heterocycles. The zero-order valence-corrected chi connectivity index (χ0v) is 13.4. The van der Waals surface area contributed by atoms with Gasteiger partial charge in [-0.3, -0.25) is 15.4 Å². The van der Waals surface area contributed by atoms with E-state index in [1.165, 1.54) is 0 Å². The van der Waals surface area contributed by atoms with E-state index < -0.39 is 12.1 Å². The second-order valence-electron chi connectivity index (χ2n) is 6.21. The van der Waals surface area contributed by atoms with Gasteiger partial charge in [-0.25, -0.2) is 4.79 Å². The number of hydrogen-bond acceptors (Lipinski definition) is 3. The fourth-order valence-corrected chi connectivity index (χ4v) is 1.88. The lowest BCUT2D eigenvalue weighted by atomic mass is 10.1. The van der Waals surface area contributed by atoms with Gasteiger partial charge in [-0.1, -0.05) is 30.3 Å². The highest BCUT2D eigenvalue weighted by molar-refractivity contribution is 5.97. The molecule has 0 aliphatic rings. The molecular weight excluding hydrogens is 266 g/mol. The predicted molar refractivity (Wildman–Crippen MR) is 83.9 cm³/mol. The first-order chi connectivity index (χ1) is 9.69. The maximum atomic E-state index is 12.0. The van der Waals surface area contributed by atoms with E-state index in [0.29, 0.717) is 0 Å². The third-order valence-electron chi connectivity index (χ3n) is 2.92. The summed E-state index contributed by atoms with van der Waals surface area (Å²) in [6, 6.07) is 8.92. The topological polar surface area (TPSA) is 70.2 Å². The van der Waals surface area contributed by atoms with Crippen LogP contribution in [-0.4, -0.2) is 23.5 Å². The molecule has 3 N–H and O–H groups in total. The van der Waals surface area contributed by atoms with Crippen molar-refractivity contribution < 1.29 is 9.59 Å². The molecule has 0 saturated heterocycles. The quantitative estimate of drug-likeness (QED) is 0.797. The maximum Gasteiger partial charge on any atom is 0.321 e. The van der Waals surface area contributed by atoms with E-state index in [9.17, 15) is 9.59 Å². The van der Waals surface area contributed by atoms with Crippen LogP contribution >= 0.6 is 0 Å². The van der Waals surface area contributed by atoms with E-state index in [4.69, 9.17) is 0 Å². The normalized spacial score (nSPS) is 14.1. The fourth-order valence-electron chi connectivity index (χ4n) is 1.88. The average Bonchev–Trinajstić information content (AvgIpc) is 2.37. The van der Waals surface area contributed by atoms with E-state index >= 15 is 0 Å². The monoisotopic (exact) mass is 291 g/mol. The van der Waals surface area contributed by atoms with Gasteiger partial charge in [0.25, 0.3) is 0 Å². The number of amides is 3. The van der Waals surface area contributed by atoms with Gasteiger partial charge in [0.05, 0.1) is 6.04 Å². The van der Waals surface area contributed by atoms with Crippen molar-refractivity contribution in [3.63, 3.8) is 0 Å². The molecule has 116 valence electrons. The van der Waals surface area contributed by atoms with Gasteiger partial charge in [0.2, 0.25) is 5.91 Å². The van der Waals surface area contributed by atoms with Crippen LogP contribution in [-0.2, 0) is 4.79 Å². The summed E-state index contributed by atoms with van der Waals surface area (Å²) in [6.07, 6.45) is 0. The molecule has 2 atom stereocenters. The first-order valence-electron chi connectivity index (χ1n) is 7.13. The molecule has 0 spiro atoms. The lowest BCUT2D eigenvalue weighted by molar-refractivity contribution is -0.121. The molecule has 0 unspecified atom stereocenters. The van der Waals surface area contributed by atoms with Gasteiger partial charge in [0, 0.05) is 11.6 Å². The highest BCUT2D eigenvalue weighted by Gasteiger charge is 2.20. The highest BCUT2D eigenvalue weighted by Crippen LogP contribution is 2.11. The first-order valence-corrected chi connectivity index (χ1v) is 7.13. The van der Waals surface area contributed by atoms with Crippen molar-refractivity contribution in [1.29, 1.82) is 0 Å². The van der Waals surface area contributed by atoms with Crippen molar-refractivity contribution in [1.82, 2.24) is 16.0 Å². The van der Waals surface area contributed by atoms with Crippen LogP contribution in [0.2, 0.25) is 0 Å². The Morgan fingerprint density at radius 2 is 1.62 bits per heavy atom. The Balaban J connectivity index is 2.50. The molecule has 0 fully saturated rings. The van der Waals surface area contributed by atoms with Gasteiger partial charge in [0.1, 0.15) is 0 Å². The number of rotatable bonds is 4. The van der Waals surface area contributed by atoms with E-state index in [-0.39, 0.29) is 17.5 Å². The standard InChI is InChI=1S/C16H25N3O2/c1-11(13-9-7-6-8-10-13)17-12(2)14(20)18-15(21)19-16(3,4)5/h6-12,17H,1-5H3,(H2,18,19,20,21)/t11-,12+/m1/s1. The van der Waals surface area contributed by atoms with Crippen LogP contribution in [0.25, 0.3) is 0 Å². The molecule has 1 aromatic rings. The molecule has 21 heavy (non-hydrogen) atoms. The molecule has 0 aliphatic heterocycles. The largest absolute Gasteiger partial charge is 0.333 e. The van der Waals surface area contributed by atoms with Gasteiger partial charge < -0.3 is 5.32 Å². The lowest BCUT2D eigenvalue weighted by Crippen LogP contribution is -2.52. The van der Waals surface area contributed by atoms with Crippen molar-refractivity contribution in [2.24, 2.45) is 0 Å². The van der Waals surface area contributed by atoms with Gasteiger partial charge >= 0.3 is 6.03 Å². The van der Waals surface area contributed by atoms with Crippen LogP contribution in [0.1, 0.15) is 46.2 Å². The third-order valence-corrected chi connectivity index (χ3v) is 2.92. The summed E-state index contributed by atoms with van der Waals surface area (Å²) >= 11 is 0. The van der Waals surface area contributed by atoms with Crippen LogP contribution in [0.4, 0.5) is 4.79 Å². The van der Waals surface area contributed by atoms with Crippen molar-refractivity contribution in [3.05, 3.63) is 35.9 Å². The summed E-state index contributed by atoms with van der Waals surface area (Å²) in [6.45, 7) is 9.29. The summed E-state index contributed by atoms with van der Waals surface area (Å²) < 4.78 is 0. The third kappa shape index (κ3) is 6.40. The molecule has 0 aliphatic carbocycles. The average molecular weight is 291 g/mol. The summed E-state index contributed by atoms with van der Waals surface area (Å²) in [5.74, 6) is -0.348. The van der Waals surface area contributed by atoms with Gasteiger partial charge in [-0.15, -0.1) is 0 Å². The Labute approximate surface area is 126 Å². The summed E-state index contributed by atoms with van der Waals surface area (Å²) in [4.78, 5) is 23.6. The highest BCUT2D eigenvalue weighted by atomic mass is 16.2. The first kappa shape index (κ1) is 17.2. The number of urea groups is 1. The van der Waals surface area contributed by atoms with Gasteiger partial charge in [0.15, 0.2) is 0 Å². The molecule has 0 saturated carbocycles. The molecule has 0 radical (unpaired) electrons. The summed E-state index contributed by atoms with van der Waals surface area (Å²) in [5.41, 5.74) is 0.717. The number of nitrogens with one attached hydrogen (secondary N) is 3. The molecule has 0 heterocycles. The second kappa shape index (κ2) is 7.22. The minimum atomic E-state index is -0.478. The predicted octanol–water partition coefficient (Wildman–Crippen LogP) is 2.35. The minimum Gasteiger partial charge on any atom is -0.333 e. The van der Waals surface area contributed by atoms with E-state index in [0.717, 1.165) is 5.56 Å². The molecule has 3 amide bonds. The Kier molecular flexibility index (Phi) is 5.90. The number of hydrogen-bond donors (Lipinski definition) is 3. The summed E-state index contributed by atoms with van der Waals surface area (Å²) in [7, 11) is 0. The van der Waals surface area contributed by atoms with E-state index in [1.54, 1.807) is 6.92 Å². The number of carbonyl (C=O) groups excluding carboxylic acids is 2. The zero-order valence-electron chi connectivity index (χ0n) is 13.4. The van der Waals surface area contributed by atoms with Crippen molar-refractivity contribution in [3.8, 4) is 0 Å². The van der Waals surface area contributed by atoms with E-state index in [1.807, 2.05) is 58.0 Å². The smallest absolute Gasteiger partial charge is 0.321 e. The molecule has 5 heteroatoms. The van der Waals surface area contributed by atoms with Crippen LogP contribution in [0, 0.1) is 0 Å². The van der Waals surface area contributed by atoms with Crippen LogP contribution in [0.3, 0.4) is 0 Å². The fraction of sp³-hybridized carbons (Fsp3) is 0.500. The number of imide groups is 1. The number of carbonyl (C=O) groups is 2. The molecule has 1 rings (SSSR count). The Morgan fingerprint density at radius 3 is 2.14 bits per heavy atom. The Morgan fingerprint density at radius 1 is 1.05 bits per heavy atom. The number of benzene rings is 1. The molecule has 0 bridgehead atoms. The van der Waals surface area contributed by atoms with Crippen LogP contribution in [0.15, 0.2) is 30.3 Å². The van der Waals surface area contributed by atoms with Crippen molar-refractivity contribution >= 4 is 11.9 Å². The van der Waals surface area contributed by atoms with E-state index in [2.05, 4.69) is 16.0 Å². The zero-order chi connectivity index (χ0) is 16.0. The van der Waals surface area contributed by atoms with Crippen LogP contribution < -0.4 is 16.0 Å². The minimum absolute atomic E-state index is 0.0256. The molecule has 1 aromatic carbocycles. The Hall–Kier alpha value is -1.88. The second-order valence-corrected chi connectivity index (χ2v) is 6.21. The summed E-state index contributed by atoms with van der Waals surface area (Å²) in [5, 5.41) is 8.20. The van der Waals surface area contributed by atoms with Gasteiger partial charge in [-0.2, -0.15) is 0 Å².